The number of hydrogen-bond donors (Lipinski definition) is 15. The Morgan fingerprint density at radius 2 is 0.711 bits per heavy atom. The van der Waals surface area contributed by atoms with Crippen LogP contribution in [0.4, 0.5) is 0 Å². The van der Waals surface area contributed by atoms with Gasteiger partial charge in [-0.1, -0.05) is 133 Å². The number of H-pyrrole nitrogens is 5. The van der Waals surface area contributed by atoms with E-state index < -0.39 is 90.8 Å². The number of rotatable bonds is 39. The fourth-order valence-electron chi connectivity index (χ4n) is 9.17. The first-order chi connectivity index (χ1) is 60.5. The molecule has 3 aromatic carbocycles. The number of hydrogen-bond acceptors (Lipinski definition) is 35. The van der Waals surface area contributed by atoms with Crippen LogP contribution in [-0.2, 0) is 74.7 Å². The summed E-state index contributed by atoms with van der Waals surface area (Å²) < 4.78 is 160. The van der Waals surface area contributed by atoms with E-state index in [1.54, 1.807) is 33.8 Å². The van der Waals surface area contributed by atoms with Crippen LogP contribution in [0.15, 0.2) is 178 Å². The lowest BCUT2D eigenvalue weighted by molar-refractivity contribution is 0.0510. The van der Waals surface area contributed by atoms with Crippen molar-refractivity contribution in [1.29, 1.82) is 0 Å². The topological polar surface area (TPSA) is 713 Å². The fraction of sp³-hybridized carbons (Fsp3) is 0.338. The van der Waals surface area contributed by atoms with E-state index in [1.807, 2.05) is 97.9 Å². The number of aliphatic hydroxyl groups is 1. The zero-order valence-corrected chi connectivity index (χ0v) is 75.1. The average Bonchev–Trinajstić information content (AvgIpc) is 1.68. The predicted octanol–water partition coefficient (Wildman–Crippen LogP) is 5.20. The second-order valence-electron chi connectivity index (χ2n) is 24.9. The molecule has 2 amide bonds. The molecule has 0 aliphatic heterocycles. The van der Waals surface area contributed by atoms with Gasteiger partial charge in [0, 0.05) is 122 Å². The van der Waals surface area contributed by atoms with E-state index in [-0.39, 0.29) is 150 Å². The third-order valence-electron chi connectivity index (χ3n) is 15.4. The summed E-state index contributed by atoms with van der Waals surface area (Å²) in [6.07, 6.45) is 4.72. The van der Waals surface area contributed by atoms with E-state index in [0.29, 0.717) is 42.4 Å². The van der Waals surface area contributed by atoms with Crippen LogP contribution < -0.4 is 41.0 Å². The molecule has 0 bridgehead atoms. The molecule has 8 aromatic heterocycles. The van der Waals surface area contributed by atoms with Crippen LogP contribution in [-0.4, -0.2) is 239 Å². The molecule has 11 rings (SSSR count). The molecule has 0 spiro atoms. The Labute approximate surface area is 744 Å². The molecule has 0 saturated carbocycles. The van der Waals surface area contributed by atoms with Crippen LogP contribution in [0, 0.1) is 0 Å². The number of ether oxygens (including phenoxy) is 4. The molecule has 47 nitrogen and oxygen atoms in total. The number of aromatic carboxylic acids is 1. The number of esters is 4. The second kappa shape index (κ2) is 55.3. The lowest BCUT2D eigenvalue weighted by Crippen LogP contribution is -2.30. The summed E-state index contributed by atoms with van der Waals surface area (Å²) in [5.41, 5.74) is 12.9. The normalized spacial score (nSPS) is 11.0. The van der Waals surface area contributed by atoms with E-state index in [0.717, 1.165) is 60.3 Å². The summed E-state index contributed by atoms with van der Waals surface area (Å²) in [6, 6.07) is 37.8. The van der Waals surface area contributed by atoms with E-state index in [2.05, 4.69) is 112 Å². The number of aromatic amines is 5. The highest BCUT2D eigenvalue weighted by atomic mass is 35.7. The number of aliphatic hydroxyl groups excluding tert-OH is 1. The molecule has 128 heavy (non-hydrogen) atoms. The highest BCUT2D eigenvalue weighted by Crippen LogP contribution is 2.23. The SMILES string of the molecule is CCCCN.CCCCNS(=O)(=O)c1cc(C(=O)OCC)n[nH]1.CCOC(=O)c1cc(S(=O)(=O)Cl)[nH]n1.CCOC(=O)c1cc(S(=O)(=O)NCCCNC(=O)c2cc(-c3ccccc3)on2)[nH]n1.CCOC(=O)c1cc(S(=O)(=O)NCCN)[nH]n1.Cl.O=C(NCCCNS(=O)(=O)c1cc(CO)[nH]n1)c1cc(-c2ccccc2)on1.O=C(O)c1cc(-c2ccccc2)on1. The lowest BCUT2D eigenvalue weighted by atomic mass is 10.1. The maximum atomic E-state index is 12.2. The molecule has 698 valence electrons. The van der Waals surface area contributed by atoms with Crippen LogP contribution in [0.5, 0.6) is 0 Å². The summed E-state index contributed by atoms with van der Waals surface area (Å²) in [7, 11) is -13.9. The number of sulfonamides is 4. The minimum Gasteiger partial charge on any atom is -0.476 e. The van der Waals surface area contributed by atoms with Gasteiger partial charge in [-0.25, -0.2) is 85.0 Å². The molecular weight excluding hydrogens is 1830 g/mol. The summed E-state index contributed by atoms with van der Waals surface area (Å²) in [6.45, 7) is 13.2. The molecule has 8 heterocycles. The molecular formula is C74H97Cl2N21O26S5. The van der Waals surface area contributed by atoms with Gasteiger partial charge in [-0.15, -0.1) is 12.4 Å². The van der Waals surface area contributed by atoms with Crippen molar-refractivity contribution >= 4 is 114 Å². The van der Waals surface area contributed by atoms with E-state index >= 15 is 0 Å². The van der Waals surface area contributed by atoms with Crippen molar-refractivity contribution < 1.29 is 118 Å². The van der Waals surface area contributed by atoms with Crippen molar-refractivity contribution in [3.05, 3.63) is 185 Å². The van der Waals surface area contributed by atoms with Crippen LogP contribution in [0.25, 0.3) is 34.0 Å². The molecule has 11 aromatic rings. The van der Waals surface area contributed by atoms with Crippen LogP contribution in [0.2, 0.25) is 0 Å². The molecule has 0 aliphatic rings. The number of carbonyl (C=O) groups is 7. The van der Waals surface area contributed by atoms with E-state index in [9.17, 15) is 75.7 Å². The van der Waals surface area contributed by atoms with Crippen molar-refractivity contribution in [3.8, 4) is 34.0 Å². The summed E-state index contributed by atoms with van der Waals surface area (Å²) in [5, 5.41) is 61.9. The number of carboxylic acids is 1. The number of nitrogens with one attached hydrogen (secondary N) is 11. The fourth-order valence-corrected chi connectivity index (χ4v) is 13.8. The number of carboxylic acid groups (broad SMARTS) is 1. The van der Waals surface area contributed by atoms with Gasteiger partial charge in [0.1, 0.15) is 0 Å². The zero-order valence-electron chi connectivity index (χ0n) is 69.5. The van der Waals surface area contributed by atoms with E-state index in [4.69, 9.17) is 55.4 Å². The van der Waals surface area contributed by atoms with Crippen molar-refractivity contribution in [2.45, 2.75) is 112 Å². The Balaban J connectivity index is 0.000000326. The smallest absolute Gasteiger partial charge is 0.358 e. The summed E-state index contributed by atoms with van der Waals surface area (Å²) in [4.78, 5) is 80.0. The number of aromatic nitrogens is 13. The minimum absolute atomic E-state index is 0. The highest BCUT2D eigenvalue weighted by Gasteiger charge is 2.26. The molecule has 17 N–H and O–H groups in total. The zero-order chi connectivity index (χ0) is 93.6. The number of carbonyl (C=O) groups excluding carboxylic acids is 6. The number of nitrogens with zero attached hydrogens (tertiary/aromatic N) is 8. The molecule has 0 fully saturated rings. The van der Waals surface area contributed by atoms with Crippen molar-refractivity contribution in [1.82, 2.24) is 96.0 Å². The Bertz CT molecular complexity index is 5870. The van der Waals surface area contributed by atoms with Gasteiger partial charge in [-0.05, 0) is 59.9 Å². The Morgan fingerprint density at radius 3 is 1.00 bits per heavy atom. The number of nitrogens with two attached hydrogens (primary N) is 2. The van der Waals surface area contributed by atoms with Crippen molar-refractivity contribution in [2.75, 3.05) is 78.8 Å². The van der Waals surface area contributed by atoms with Crippen molar-refractivity contribution in [2.24, 2.45) is 11.5 Å². The first kappa shape index (κ1) is 108. The molecule has 0 atom stereocenters. The monoisotopic (exact) mass is 1930 g/mol. The number of benzene rings is 3. The van der Waals surface area contributed by atoms with Gasteiger partial charge in [-0.2, -0.15) is 25.5 Å². The Morgan fingerprint density at radius 1 is 0.391 bits per heavy atom. The van der Waals surface area contributed by atoms with Gasteiger partial charge >= 0.3 is 29.8 Å². The Hall–Kier alpha value is -12.3. The van der Waals surface area contributed by atoms with Crippen molar-refractivity contribution in [3.63, 3.8) is 0 Å². The second-order valence-corrected chi connectivity index (χ2v) is 34.4. The Kier molecular flexibility index (Phi) is 46.7. The van der Waals surface area contributed by atoms with Gasteiger partial charge in [0.15, 0.2) is 82.3 Å². The first-order valence-electron chi connectivity index (χ1n) is 38.3. The highest BCUT2D eigenvalue weighted by molar-refractivity contribution is 8.13. The van der Waals surface area contributed by atoms with Gasteiger partial charge in [-0.3, -0.25) is 35.1 Å². The number of halogens is 2. The minimum atomic E-state index is -3.88. The standard InChI is InChI=1S/C19H21N5O6S.C17H19N5O5S.C10H17N3O4S.C10H7NO3.C8H14N4O4S.C6H7ClN2O4S.C4H11N.ClH/c1-2-29-19(26)15-12-17(23-22-15)31(27,28)21-10-6-9-20-18(25)14-11-16(30-24-14)13-7-4-3-5-8-13;23-11-13-9-16(21-20-13)28(25,26)19-8-4-7-18-17(24)14-10-15(27-22-14)12-5-2-1-3-6-12;1-3-5-6-11-18(15,16)9-7-8(12-13-9)10(14)17-4-2;12-10(13)8-6-9(14-11-8)7-4-2-1-3-5-7;1-2-16-8(13)6-5-7(12-11-6)17(14,15)10-4-3-9;1-2-13-6(10)4-3-5(9-8-4)14(7,11)12;1-2-3-4-5;/h3-5,7-8,11-12,21H,2,6,9-10H2,1H3,(H,20,25)(H,22,23);1-3,5-6,9-10,19,23H,4,7-8,11H2,(H,18,24)(H,20,21);7,11H,3-6H2,1-2H3,(H,12,13);1-6H,(H,12,13);5,10H,2-4,9H2,1H3,(H,11,12);3H,2H2,1H3,(H,8,9);2-5H2,1H3;1H. The molecule has 0 radical (unpaired) electrons. The van der Waals surface area contributed by atoms with Crippen LogP contribution in [0.3, 0.4) is 0 Å². The largest absolute Gasteiger partial charge is 0.476 e. The maximum Gasteiger partial charge on any atom is 0.358 e. The number of unbranched alkanes of at least 4 members (excludes halogenated alkanes) is 2. The maximum absolute atomic E-state index is 12.2. The quantitative estimate of drug-likeness (QED) is 0.0102. The molecule has 0 unspecified atom stereocenters. The van der Waals surface area contributed by atoms with E-state index in [1.165, 1.54) is 31.0 Å². The van der Waals surface area contributed by atoms with Crippen LogP contribution >= 0.6 is 23.1 Å². The van der Waals surface area contributed by atoms with Gasteiger partial charge in [0.2, 0.25) is 0 Å². The third kappa shape index (κ3) is 36.6. The summed E-state index contributed by atoms with van der Waals surface area (Å²) >= 11 is 0. The number of amides is 2. The lowest BCUT2D eigenvalue weighted by Gasteiger charge is -2.05. The first-order valence-corrected chi connectivity index (χ1v) is 46.5. The molecule has 0 aliphatic carbocycles. The third-order valence-corrected chi connectivity index (χ3v) is 22.1. The molecule has 54 heteroatoms. The molecule has 0 saturated heterocycles. The average molecular weight is 1930 g/mol. The van der Waals surface area contributed by atoms with Crippen LogP contribution in [0.1, 0.15) is 159 Å². The van der Waals surface area contributed by atoms with Gasteiger partial charge in [0.05, 0.1) is 38.7 Å². The predicted molar refractivity (Wildman–Crippen MR) is 458 cm³/mol. The van der Waals surface area contributed by atoms with Gasteiger partial charge < -0.3 is 64.8 Å². The van der Waals surface area contributed by atoms with Gasteiger partial charge in [0.25, 0.3) is 61.0 Å². The summed E-state index contributed by atoms with van der Waals surface area (Å²) in [5.74, 6) is -3.25.